The van der Waals surface area contributed by atoms with Gasteiger partial charge < -0.3 is 0 Å². The molecular weight excluding hydrogens is 109 g/mol. The third kappa shape index (κ3) is 1.84. The lowest BCUT2D eigenvalue weighted by molar-refractivity contribution is -0.299. The Bertz CT molecular complexity index is 135. The molecule has 3 heteroatoms. The van der Waals surface area contributed by atoms with Crippen molar-refractivity contribution in [3.05, 3.63) is 11.4 Å². The van der Waals surface area contributed by atoms with Crippen molar-refractivity contribution in [2.24, 2.45) is 0 Å². The zero-order valence-corrected chi connectivity index (χ0v) is 4.99. The molecule has 46 valence electrons. The predicted molar refractivity (Wildman–Crippen MR) is 27.4 cm³/mol. The first-order chi connectivity index (χ1) is 3.55. The predicted octanol–water partition coefficient (Wildman–Crippen LogP) is 0.0183. The van der Waals surface area contributed by atoms with Crippen LogP contribution in [0.25, 0.3) is 0 Å². The molecule has 0 spiro atoms. The van der Waals surface area contributed by atoms with E-state index in [-0.39, 0.29) is 5.57 Å². The minimum Gasteiger partial charge on any atom is -0.290 e. The van der Waals surface area contributed by atoms with Crippen molar-refractivity contribution in [2.75, 3.05) is 0 Å². The first-order valence-electron chi connectivity index (χ1n) is 2.25. The van der Waals surface area contributed by atoms with Crippen LogP contribution in [0.4, 0.5) is 4.39 Å². The van der Waals surface area contributed by atoms with Crippen LogP contribution in [-0.4, -0.2) is 5.91 Å². The topological polar surface area (TPSA) is 44.7 Å². The average Bonchev–Trinajstić information content (AvgIpc) is 1.64. The van der Waals surface area contributed by atoms with Gasteiger partial charge in [-0.05, 0) is 13.8 Å². The Morgan fingerprint density at radius 2 is 1.88 bits per heavy atom. The lowest BCUT2D eigenvalue weighted by atomic mass is 10.3. The number of carbonyl (C=O) groups is 1. The lowest BCUT2D eigenvalue weighted by Gasteiger charge is -1.86. The molecule has 0 aliphatic heterocycles. The molecule has 0 saturated heterocycles. The Kier molecular flexibility index (Phi) is 2.34. The SMILES string of the molecule is CC(F)=C(C)C([NH3+])=O. The number of hydrogen-bond acceptors (Lipinski definition) is 1. The largest absolute Gasteiger partial charge is 0.339 e. The van der Waals surface area contributed by atoms with Crippen molar-refractivity contribution in [3.8, 4) is 0 Å². The van der Waals surface area contributed by atoms with E-state index in [4.69, 9.17) is 0 Å². The summed E-state index contributed by atoms with van der Waals surface area (Å²) >= 11 is 0. The van der Waals surface area contributed by atoms with Crippen molar-refractivity contribution < 1.29 is 14.9 Å². The molecule has 0 bridgehead atoms. The smallest absolute Gasteiger partial charge is 0.290 e. The Labute approximate surface area is 47.2 Å². The Hall–Kier alpha value is -0.700. The highest BCUT2D eigenvalue weighted by atomic mass is 19.1. The number of amides is 1. The fourth-order valence-electron chi connectivity index (χ4n) is 0.192. The molecule has 1 amide bonds. The number of halogens is 1. The second kappa shape index (κ2) is 2.57. The summed E-state index contributed by atoms with van der Waals surface area (Å²) in [5, 5.41) is 0. The summed E-state index contributed by atoms with van der Waals surface area (Å²) in [6, 6.07) is 0. The van der Waals surface area contributed by atoms with Gasteiger partial charge in [0.05, 0.1) is 5.57 Å². The normalized spacial score (nSPS) is 13.0. The van der Waals surface area contributed by atoms with Crippen LogP contribution in [0.5, 0.6) is 0 Å². The van der Waals surface area contributed by atoms with Crippen molar-refractivity contribution in [3.63, 3.8) is 0 Å². The van der Waals surface area contributed by atoms with Crippen LogP contribution in [0.15, 0.2) is 11.4 Å². The Morgan fingerprint density at radius 1 is 1.50 bits per heavy atom. The summed E-state index contributed by atoms with van der Waals surface area (Å²) in [5.41, 5.74) is 3.12. The number of hydrogen-bond donors (Lipinski definition) is 1. The monoisotopic (exact) mass is 118 g/mol. The Morgan fingerprint density at radius 3 is 1.88 bits per heavy atom. The lowest BCUT2D eigenvalue weighted by Crippen LogP contribution is -2.57. The van der Waals surface area contributed by atoms with Gasteiger partial charge in [-0.2, -0.15) is 0 Å². The van der Waals surface area contributed by atoms with Crippen LogP contribution >= 0.6 is 0 Å². The molecule has 0 saturated carbocycles. The molecule has 2 nitrogen and oxygen atoms in total. The molecule has 0 unspecified atom stereocenters. The molecule has 8 heavy (non-hydrogen) atoms. The molecule has 0 fully saturated rings. The fourth-order valence-corrected chi connectivity index (χ4v) is 0.192. The molecule has 0 aromatic rings. The van der Waals surface area contributed by atoms with Gasteiger partial charge in [0.25, 0.3) is 0 Å². The average molecular weight is 118 g/mol. The summed E-state index contributed by atoms with van der Waals surface area (Å²) in [5.74, 6) is -0.907. The van der Waals surface area contributed by atoms with Crippen molar-refractivity contribution in [2.45, 2.75) is 13.8 Å². The number of allylic oxidation sites excluding steroid dienone is 1. The summed E-state index contributed by atoms with van der Waals surface area (Å²) in [7, 11) is 0. The maximum Gasteiger partial charge on any atom is 0.339 e. The summed E-state index contributed by atoms with van der Waals surface area (Å²) in [4.78, 5) is 10.2. The molecule has 0 rings (SSSR count). The van der Waals surface area contributed by atoms with E-state index >= 15 is 0 Å². The number of rotatable bonds is 1. The first-order valence-corrected chi connectivity index (χ1v) is 2.25. The van der Waals surface area contributed by atoms with Crippen LogP contribution in [0.2, 0.25) is 0 Å². The zero-order chi connectivity index (χ0) is 6.73. The van der Waals surface area contributed by atoms with Crippen molar-refractivity contribution in [1.82, 2.24) is 0 Å². The van der Waals surface area contributed by atoms with Crippen LogP contribution < -0.4 is 5.73 Å². The van der Waals surface area contributed by atoms with E-state index in [1.807, 2.05) is 0 Å². The van der Waals surface area contributed by atoms with E-state index in [0.717, 1.165) is 0 Å². The van der Waals surface area contributed by atoms with Gasteiger partial charge in [0.2, 0.25) is 0 Å². The molecule has 0 atom stereocenters. The van der Waals surface area contributed by atoms with Crippen molar-refractivity contribution in [1.29, 1.82) is 0 Å². The highest BCUT2D eigenvalue weighted by molar-refractivity contribution is 5.84. The van der Waals surface area contributed by atoms with E-state index in [9.17, 15) is 9.18 Å². The van der Waals surface area contributed by atoms with Crippen LogP contribution in [0.3, 0.4) is 0 Å². The highest BCUT2D eigenvalue weighted by Gasteiger charge is 2.04. The van der Waals surface area contributed by atoms with Gasteiger partial charge in [0, 0.05) is 0 Å². The molecular formula is C5H9FNO+. The van der Waals surface area contributed by atoms with E-state index in [0.29, 0.717) is 0 Å². The number of carbonyl (C=O) groups excluding carboxylic acids is 1. The third-order valence-electron chi connectivity index (χ3n) is 0.935. The van der Waals surface area contributed by atoms with Crippen LogP contribution in [-0.2, 0) is 4.79 Å². The van der Waals surface area contributed by atoms with Gasteiger partial charge in [-0.25, -0.2) is 9.18 Å². The summed E-state index contributed by atoms with van der Waals surface area (Å²) < 4.78 is 12.0. The van der Waals surface area contributed by atoms with Gasteiger partial charge in [0.15, 0.2) is 0 Å². The first kappa shape index (κ1) is 7.30. The van der Waals surface area contributed by atoms with Gasteiger partial charge in [0.1, 0.15) is 5.83 Å². The van der Waals surface area contributed by atoms with E-state index in [1.165, 1.54) is 13.8 Å². The minimum atomic E-state index is -0.454. The van der Waals surface area contributed by atoms with E-state index in [2.05, 4.69) is 5.73 Å². The highest BCUT2D eigenvalue weighted by Crippen LogP contribution is 2.00. The molecule has 0 radical (unpaired) electrons. The quantitative estimate of drug-likeness (QED) is 0.484. The molecule has 0 aliphatic carbocycles. The maximum absolute atomic E-state index is 12.0. The fraction of sp³-hybridized carbons (Fsp3) is 0.400. The maximum atomic E-state index is 12.0. The van der Waals surface area contributed by atoms with Crippen LogP contribution in [0.1, 0.15) is 13.8 Å². The minimum absolute atomic E-state index is 0.102. The second-order valence-corrected chi connectivity index (χ2v) is 1.58. The molecule has 0 aromatic carbocycles. The third-order valence-corrected chi connectivity index (χ3v) is 0.935. The summed E-state index contributed by atoms with van der Waals surface area (Å²) in [6.07, 6.45) is 0. The molecule has 0 aromatic heterocycles. The Balaban J connectivity index is 4.23. The van der Waals surface area contributed by atoms with E-state index in [1.54, 1.807) is 0 Å². The molecule has 0 aliphatic rings. The van der Waals surface area contributed by atoms with E-state index < -0.39 is 11.7 Å². The van der Waals surface area contributed by atoms with Crippen LogP contribution in [0, 0.1) is 0 Å². The molecule has 0 heterocycles. The van der Waals surface area contributed by atoms with Gasteiger partial charge in [-0.3, -0.25) is 5.73 Å². The second-order valence-electron chi connectivity index (χ2n) is 1.58. The van der Waals surface area contributed by atoms with Gasteiger partial charge >= 0.3 is 5.91 Å². The van der Waals surface area contributed by atoms with Crippen molar-refractivity contribution >= 4 is 5.91 Å². The zero-order valence-electron chi connectivity index (χ0n) is 4.99. The molecule has 3 N–H and O–H groups in total. The summed E-state index contributed by atoms with van der Waals surface area (Å²) in [6.45, 7) is 2.64. The van der Waals surface area contributed by atoms with Gasteiger partial charge in [-0.1, -0.05) is 0 Å². The van der Waals surface area contributed by atoms with Gasteiger partial charge in [-0.15, -0.1) is 0 Å². The standard InChI is InChI=1S/C5H8FNO/c1-3(4(2)6)5(7)8/h1-2H3,(H2,7,8)/p+1. The number of quaternary nitrogens is 1.